The number of hydrogen-bond acceptors (Lipinski definition) is 4. The molecule has 0 aliphatic heterocycles. The maximum atomic E-state index is 10.5. The molecule has 1 atom stereocenters. The van der Waals surface area contributed by atoms with Crippen LogP contribution in [0, 0.1) is 5.92 Å². The van der Waals surface area contributed by atoms with Gasteiger partial charge >= 0.3 is 0 Å². The SMILES string of the molecule is O=C=NC1CCC(/C=C2\CCCCC2N=C=O)CC1. The van der Waals surface area contributed by atoms with Crippen LogP contribution in [-0.4, -0.2) is 24.2 Å². The summed E-state index contributed by atoms with van der Waals surface area (Å²) in [6, 6.07) is 0.235. The average molecular weight is 260 g/mol. The van der Waals surface area contributed by atoms with E-state index in [4.69, 9.17) is 0 Å². The molecule has 4 nitrogen and oxygen atoms in total. The lowest BCUT2D eigenvalue weighted by atomic mass is 9.82. The quantitative estimate of drug-likeness (QED) is 0.445. The van der Waals surface area contributed by atoms with E-state index in [1.165, 1.54) is 12.0 Å². The molecule has 2 aliphatic rings. The highest BCUT2D eigenvalue weighted by molar-refractivity contribution is 5.36. The molecule has 4 heteroatoms. The summed E-state index contributed by atoms with van der Waals surface area (Å²) in [5.41, 5.74) is 1.32. The standard InChI is InChI=1S/C15H20N2O2/c18-10-16-14-7-5-12(6-8-14)9-13-3-1-2-4-15(13)17-11-19/h9,12,14-15H,1-8H2/b13-9+. The minimum absolute atomic E-state index is 0.0666. The van der Waals surface area contributed by atoms with Crippen molar-refractivity contribution >= 4 is 12.2 Å². The highest BCUT2D eigenvalue weighted by Crippen LogP contribution is 2.32. The van der Waals surface area contributed by atoms with E-state index in [9.17, 15) is 9.59 Å². The Morgan fingerprint density at radius 3 is 2.37 bits per heavy atom. The van der Waals surface area contributed by atoms with Crippen LogP contribution in [0.5, 0.6) is 0 Å². The van der Waals surface area contributed by atoms with Crippen molar-refractivity contribution in [3.63, 3.8) is 0 Å². The van der Waals surface area contributed by atoms with Crippen LogP contribution in [0.15, 0.2) is 21.6 Å². The Bertz CT molecular complexity index is 423. The number of allylic oxidation sites excluding steroid dienone is 1. The van der Waals surface area contributed by atoms with E-state index in [1.54, 1.807) is 12.2 Å². The Balaban J connectivity index is 1.96. The van der Waals surface area contributed by atoms with Crippen molar-refractivity contribution in [2.45, 2.75) is 63.5 Å². The molecule has 2 fully saturated rings. The molecule has 2 rings (SSSR count). The summed E-state index contributed by atoms with van der Waals surface area (Å²) in [5, 5.41) is 0. The molecule has 0 aromatic rings. The Hall–Kier alpha value is -1.50. The van der Waals surface area contributed by atoms with E-state index < -0.39 is 0 Å². The molecule has 102 valence electrons. The summed E-state index contributed by atoms with van der Waals surface area (Å²) >= 11 is 0. The van der Waals surface area contributed by atoms with Crippen LogP contribution >= 0.6 is 0 Å². The van der Waals surface area contributed by atoms with Gasteiger partial charge in [-0.3, -0.25) is 0 Å². The third-order valence-electron chi connectivity index (χ3n) is 4.26. The summed E-state index contributed by atoms with van der Waals surface area (Å²) < 4.78 is 0. The largest absolute Gasteiger partial charge is 0.235 e. The zero-order chi connectivity index (χ0) is 13.5. The highest BCUT2D eigenvalue weighted by atomic mass is 16.1. The fourth-order valence-corrected chi connectivity index (χ4v) is 3.20. The van der Waals surface area contributed by atoms with E-state index in [-0.39, 0.29) is 12.1 Å². The third kappa shape index (κ3) is 3.99. The molecule has 0 aromatic carbocycles. The highest BCUT2D eigenvalue weighted by Gasteiger charge is 2.23. The first-order valence-corrected chi connectivity index (χ1v) is 7.18. The smallest absolute Gasteiger partial charge is 0.211 e. The molecular weight excluding hydrogens is 240 g/mol. The van der Waals surface area contributed by atoms with Gasteiger partial charge in [0.1, 0.15) is 0 Å². The number of rotatable bonds is 3. The van der Waals surface area contributed by atoms with E-state index >= 15 is 0 Å². The normalized spacial score (nSPS) is 33.3. The zero-order valence-electron chi connectivity index (χ0n) is 11.2. The number of isocyanates is 2. The molecule has 0 N–H and O–H groups in total. The molecule has 0 radical (unpaired) electrons. The minimum atomic E-state index is 0.0666. The van der Waals surface area contributed by atoms with Crippen LogP contribution in [-0.2, 0) is 9.59 Å². The van der Waals surface area contributed by atoms with Crippen molar-refractivity contribution in [1.82, 2.24) is 0 Å². The first kappa shape index (κ1) is 13.9. The Labute approximate surface area is 113 Å². The van der Waals surface area contributed by atoms with Gasteiger partial charge in [0.25, 0.3) is 0 Å². The molecule has 2 saturated carbocycles. The van der Waals surface area contributed by atoms with Crippen LogP contribution in [0.25, 0.3) is 0 Å². The molecule has 2 aliphatic carbocycles. The molecule has 0 heterocycles. The van der Waals surface area contributed by atoms with Gasteiger partial charge in [-0.2, -0.15) is 4.99 Å². The lowest BCUT2D eigenvalue weighted by Crippen LogP contribution is -2.19. The van der Waals surface area contributed by atoms with Gasteiger partial charge in [-0.1, -0.05) is 12.5 Å². The summed E-state index contributed by atoms with van der Waals surface area (Å²) in [6.45, 7) is 0. The zero-order valence-corrected chi connectivity index (χ0v) is 11.2. The van der Waals surface area contributed by atoms with Crippen LogP contribution < -0.4 is 0 Å². The van der Waals surface area contributed by atoms with Crippen LogP contribution in [0.3, 0.4) is 0 Å². The second-order valence-corrected chi connectivity index (χ2v) is 5.51. The minimum Gasteiger partial charge on any atom is -0.211 e. The monoisotopic (exact) mass is 260 g/mol. The van der Waals surface area contributed by atoms with Gasteiger partial charge in [0, 0.05) is 0 Å². The summed E-state index contributed by atoms with van der Waals surface area (Å²) in [5.74, 6) is 0.551. The van der Waals surface area contributed by atoms with Gasteiger partial charge in [-0.05, 0) is 56.4 Å². The molecule has 0 amide bonds. The second kappa shape index (κ2) is 7.18. The van der Waals surface area contributed by atoms with Crippen LogP contribution in [0.2, 0.25) is 0 Å². The fraction of sp³-hybridized carbons (Fsp3) is 0.733. The van der Waals surface area contributed by atoms with Gasteiger partial charge in [0.05, 0.1) is 12.1 Å². The Kier molecular flexibility index (Phi) is 5.26. The summed E-state index contributed by atoms with van der Waals surface area (Å²) in [7, 11) is 0. The number of nitrogens with zero attached hydrogens (tertiary/aromatic N) is 2. The first-order valence-electron chi connectivity index (χ1n) is 7.18. The van der Waals surface area contributed by atoms with Crippen molar-refractivity contribution in [2.24, 2.45) is 15.9 Å². The Morgan fingerprint density at radius 1 is 0.947 bits per heavy atom. The van der Waals surface area contributed by atoms with Crippen molar-refractivity contribution in [3.05, 3.63) is 11.6 Å². The van der Waals surface area contributed by atoms with E-state index in [0.717, 1.165) is 44.9 Å². The maximum absolute atomic E-state index is 10.5. The number of hydrogen-bond donors (Lipinski definition) is 0. The van der Waals surface area contributed by atoms with Crippen molar-refractivity contribution < 1.29 is 9.59 Å². The van der Waals surface area contributed by atoms with Crippen molar-refractivity contribution in [3.8, 4) is 0 Å². The summed E-state index contributed by atoms with van der Waals surface area (Å²) in [6.07, 6.45) is 14.1. The van der Waals surface area contributed by atoms with E-state index in [2.05, 4.69) is 16.1 Å². The third-order valence-corrected chi connectivity index (χ3v) is 4.26. The molecule has 0 bridgehead atoms. The topological polar surface area (TPSA) is 58.9 Å². The number of aliphatic imine (C=N–C) groups is 2. The molecule has 0 spiro atoms. The van der Waals surface area contributed by atoms with Gasteiger partial charge in [0.15, 0.2) is 0 Å². The van der Waals surface area contributed by atoms with Gasteiger partial charge < -0.3 is 0 Å². The van der Waals surface area contributed by atoms with Crippen LogP contribution in [0.1, 0.15) is 51.4 Å². The average Bonchev–Trinajstić information content (AvgIpc) is 2.44. The van der Waals surface area contributed by atoms with E-state index in [1.807, 2.05) is 0 Å². The van der Waals surface area contributed by atoms with E-state index in [0.29, 0.717) is 5.92 Å². The van der Waals surface area contributed by atoms with Gasteiger partial charge in [-0.25, -0.2) is 14.6 Å². The van der Waals surface area contributed by atoms with Crippen molar-refractivity contribution in [1.29, 1.82) is 0 Å². The molecule has 0 saturated heterocycles. The lowest BCUT2D eigenvalue weighted by molar-refractivity contribution is 0.371. The number of carbonyl (C=O) groups excluding carboxylic acids is 2. The molecule has 0 aromatic heterocycles. The van der Waals surface area contributed by atoms with Crippen molar-refractivity contribution in [2.75, 3.05) is 0 Å². The molecular formula is C15H20N2O2. The van der Waals surface area contributed by atoms with Crippen LogP contribution in [0.4, 0.5) is 0 Å². The van der Waals surface area contributed by atoms with Gasteiger partial charge in [0.2, 0.25) is 12.2 Å². The Morgan fingerprint density at radius 2 is 1.68 bits per heavy atom. The second-order valence-electron chi connectivity index (χ2n) is 5.51. The predicted octanol–water partition coefficient (Wildman–Crippen LogP) is 3.09. The first-order chi connectivity index (χ1) is 9.33. The van der Waals surface area contributed by atoms with Gasteiger partial charge in [-0.15, -0.1) is 0 Å². The maximum Gasteiger partial charge on any atom is 0.235 e. The molecule has 19 heavy (non-hydrogen) atoms. The summed E-state index contributed by atoms with van der Waals surface area (Å²) in [4.78, 5) is 28.4. The fourth-order valence-electron chi connectivity index (χ4n) is 3.20. The lowest BCUT2D eigenvalue weighted by Gasteiger charge is -2.26. The predicted molar refractivity (Wildman–Crippen MR) is 72.3 cm³/mol. The molecule has 1 unspecified atom stereocenters.